The van der Waals surface area contributed by atoms with Crippen LogP contribution in [0, 0.1) is 3.57 Å². The Morgan fingerprint density at radius 3 is 2.55 bits per heavy atom. The number of amides is 1. The number of nitrogen functional groups attached to an aromatic ring is 2. The van der Waals surface area contributed by atoms with E-state index >= 15 is 0 Å². The number of anilines is 3. The maximum absolute atomic E-state index is 11.9. The number of thioether (sulfide) groups is 1. The van der Waals surface area contributed by atoms with Crippen LogP contribution in [0.1, 0.15) is 0 Å². The molecule has 2 rings (SSSR count). The van der Waals surface area contributed by atoms with Gasteiger partial charge in [-0.05, 0) is 34.7 Å². The standard InChI is InChI=1S/C12H12IN5OS/c13-7-3-1-2-4-8(7)16-11(19)6-20-12-17-9(14)5-10(15)18-12/h1-5H,6H2,(H,16,19)(H4,14,15,17,18). The minimum absolute atomic E-state index is 0.135. The summed E-state index contributed by atoms with van der Waals surface area (Å²) in [6.07, 6.45) is 0. The van der Waals surface area contributed by atoms with Gasteiger partial charge >= 0.3 is 0 Å². The Morgan fingerprint density at radius 2 is 1.90 bits per heavy atom. The van der Waals surface area contributed by atoms with Crippen molar-refractivity contribution in [1.29, 1.82) is 0 Å². The van der Waals surface area contributed by atoms with Crippen LogP contribution in [0.5, 0.6) is 0 Å². The summed E-state index contributed by atoms with van der Waals surface area (Å²) >= 11 is 3.35. The zero-order valence-corrected chi connectivity index (χ0v) is 13.3. The molecule has 0 fully saturated rings. The molecule has 0 aliphatic rings. The number of benzene rings is 1. The van der Waals surface area contributed by atoms with Gasteiger partial charge in [0.25, 0.3) is 0 Å². The summed E-state index contributed by atoms with van der Waals surface area (Å²) in [6, 6.07) is 9.02. The van der Waals surface area contributed by atoms with E-state index in [2.05, 4.69) is 37.9 Å². The Bertz CT molecular complexity index is 617. The maximum atomic E-state index is 11.9. The molecule has 1 aromatic carbocycles. The summed E-state index contributed by atoms with van der Waals surface area (Å²) in [5, 5.41) is 3.21. The fourth-order valence-corrected chi connectivity index (χ4v) is 2.60. The van der Waals surface area contributed by atoms with Crippen LogP contribution in [0.25, 0.3) is 0 Å². The van der Waals surface area contributed by atoms with Crippen molar-refractivity contribution in [1.82, 2.24) is 9.97 Å². The third-order valence-electron chi connectivity index (χ3n) is 2.23. The second-order valence-electron chi connectivity index (χ2n) is 3.82. The number of rotatable bonds is 4. The first-order chi connectivity index (χ1) is 9.54. The van der Waals surface area contributed by atoms with Gasteiger partial charge < -0.3 is 16.8 Å². The van der Waals surface area contributed by atoms with Crippen LogP contribution < -0.4 is 16.8 Å². The van der Waals surface area contributed by atoms with E-state index in [9.17, 15) is 4.79 Å². The van der Waals surface area contributed by atoms with Gasteiger partial charge in [-0.3, -0.25) is 4.79 Å². The van der Waals surface area contributed by atoms with E-state index in [-0.39, 0.29) is 23.3 Å². The largest absolute Gasteiger partial charge is 0.383 e. The molecular weight excluding hydrogens is 389 g/mol. The lowest BCUT2D eigenvalue weighted by Crippen LogP contribution is -2.15. The topological polar surface area (TPSA) is 107 Å². The molecule has 20 heavy (non-hydrogen) atoms. The Kier molecular flexibility index (Phi) is 5.01. The van der Waals surface area contributed by atoms with Crippen LogP contribution in [0.4, 0.5) is 17.3 Å². The zero-order chi connectivity index (χ0) is 14.5. The highest BCUT2D eigenvalue weighted by Gasteiger charge is 2.08. The third-order valence-corrected chi connectivity index (χ3v) is 4.01. The highest BCUT2D eigenvalue weighted by molar-refractivity contribution is 14.1. The molecule has 0 saturated carbocycles. The van der Waals surface area contributed by atoms with E-state index in [1.54, 1.807) is 0 Å². The minimum Gasteiger partial charge on any atom is -0.383 e. The summed E-state index contributed by atoms with van der Waals surface area (Å²) < 4.78 is 0.980. The molecule has 1 amide bonds. The van der Waals surface area contributed by atoms with Gasteiger partial charge in [-0.25, -0.2) is 9.97 Å². The minimum atomic E-state index is -0.135. The SMILES string of the molecule is Nc1cc(N)nc(SCC(=O)Nc2ccccc2I)n1. The van der Waals surface area contributed by atoms with Crippen molar-refractivity contribution in [3.8, 4) is 0 Å². The zero-order valence-electron chi connectivity index (χ0n) is 10.3. The van der Waals surface area contributed by atoms with Crippen molar-refractivity contribution in [2.24, 2.45) is 0 Å². The van der Waals surface area contributed by atoms with Gasteiger partial charge in [-0.15, -0.1) is 0 Å². The van der Waals surface area contributed by atoms with E-state index in [4.69, 9.17) is 11.5 Å². The molecule has 0 bridgehead atoms. The second-order valence-corrected chi connectivity index (χ2v) is 5.92. The van der Waals surface area contributed by atoms with Crippen molar-refractivity contribution in [2.75, 3.05) is 22.5 Å². The molecule has 0 unspecified atom stereocenters. The smallest absolute Gasteiger partial charge is 0.234 e. The number of nitrogens with two attached hydrogens (primary N) is 2. The molecule has 1 heterocycles. The molecule has 2 aromatic rings. The van der Waals surface area contributed by atoms with Crippen LogP contribution in [-0.4, -0.2) is 21.6 Å². The number of halogens is 1. The van der Waals surface area contributed by atoms with Gasteiger partial charge in [0.1, 0.15) is 11.6 Å². The number of hydrogen-bond donors (Lipinski definition) is 3. The van der Waals surface area contributed by atoms with E-state index in [1.807, 2.05) is 24.3 Å². The fourth-order valence-electron chi connectivity index (χ4n) is 1.41. The van der Waals surface area contributed by atoms with Crippen molar-refractivity contribution in [2.45, 2.75) is 5.16 Å². The van der Waals surface area contributed by atoms with Gasteiger partial charge in [0.2, 0.25) is 5.91 Å². The molecular formula is C12H12IN5OS. The molecule has 0 spiro atoms. The summed E-state index contributed by atoms with van der Waals surface area (Å²) in [7, 11) is 0. The van der Waals surface area contributed by atoms with Crippen LogP contribution in [0.2, 0.25) is 0 Å². The number of carbonyl (C=O) groups excluding carboxylic acids is 1. The van der Waals surface area contributed by atoms with Crippen molar-refractivity contribution in [3.05, 3.63) is 33.9 Å². The van der Waals surface area contributed by atoms with Crippen LogP contribution in [0.15, 0.2) is 35.5 Å². The predicted molar refractivity (Wildman–Crippen MR) is 89.4 cm³/mol. The van der Waals surface area contributed by atoms with E-state index in [0.717, 1.165) is 9.26 Å². The number of nitrogens with one attached hydrogen (secondary N) is 1. The van der Waals surface area contributed by atoms with E-state index in [1.165, 1.54) is 17.8 Å². The number of carbonyl (C=O) groups is 1. The fraction of sp³-hybridized carbons (Fsp3) is 0.0833. The molecule has 6 nitrogen and oxygen atoms in total. The van der Waals surface area contributed by atoms with Gasteiger partial charge in [0.05, 0.1) is 11.4 Å². The summed E-state index contributed by atoms with van der Waals surface area (Å²) in [5.74, 6) is 0.633. The Hall–Kier alpha value is -1.55. The molecule has 0 radical (unpaired) electrons. The van der Waals surface area contributed by atoms with Crippen molar-refractivity contribution in [3.63, 3.8) is 0 Å². The average Bonchev–Trinajstić information content (AvgIpc) is 2.38. The lowest BCUT2D eigenvalue weighted by molar-refractivity contribution is -0.113. The number of hydrogen-bond acceptors (Lipinski definition) is 6. The highest BCUT2D eigenvalue weighted by Crippen LogP contribution is 2.19. The first-order valence-corrected chi connectivity index (χ1v) is 7.68. The molecule has 0 atom stereocenters. The molecule has 0 aliphatic carbocycles. The van der Waals surface area contributed by atoms with E-state index in [0.29, 0.717) is 5.16 Å². The second kappa shape index (κ2) is 6.75. The highest BCUT2D eigenvalue weighted by atomic mass is 127. The van der Waals surface area contributed by atoms with Crippen LogP contribution in [-0.2, 0) is 4.79 Å². The van der Waals surface area contributed by atoms with Crippen LogP contribution in [0.3, 0.4) is 0 Å². The van der Waals surface area contributed by atoms with E-state index < -0.39 is 0 Å². The normalized spacial score (nSPS) is 10.2. The Morgan fingerprint density at radius 1 is 1.25 bits per heavy atom. The molecule has 1 aromatic heterocycles. The summed E-state index contributed by atoms with van der Waals surface area (Å²) in [4.78, 5) is 19.9. The Labute approximate surface area is 133 Å². The average molecular weight is 401 g/mol. The van der Waals surface area contributed by atoms with Gasteiger partial charge in [-0.1, -0.05) is 23.9 Å². The maximum Gasteiger partial charge on any atom is 0.234 e. The molecule has 104 valence electrons. The molecule has 0 saturated heterocycles. The number of para-hydroxylation sites is 1. The third kappa shape index (κ3) is 4.23. The van der Waals surface area contributed by atoms with Crippen molar-refractivity contribution >= 4 is 57.6 Å². The molecule has 8 heteroatoms. The Balaban J connectivity index is 1.94. The quantitative estimate of drug-likeness (QED) is 0.411. The lowest BCUT2D eigenvalue weighted by atomic mass is 10.3. The molecule has 5 N–H and O–H groups in total. The first-order valence-electron chi connectivity index (χ1n) is 5.62. The van der Waals surface area contributed by atoms with Gasteiger partial charge in [0, 0.05) is 9.64 Å². The monoisotopic (exact) mass is 401 g/mol. The van der Waals surface area contributed by atoms with Gasteiger partial charge in [-0.2, -0.15) is 0 Å². The molecule has 0 aliphatic heterocycles. The number of nitrogens with zero attached hydrogens (tertiary/aromatic N) is 2. The first kappa shape index (κ1) is 14.9. The van der Waals surface area contributed by atoms with Crippen molar-refractivity contribution < 1.29 is 4.79 Å². The van der Waals surface area contributed by atoms with Crippen LogP contribution >= 0.6 is 34.4 Å². The summed E-state index contributed by atoms with van der Waals surface area (Å²) in [5.41, 5.74) is 11.9. The summed E-state index contributed by atoms with van der Waals surface area (Å²) in [6.45, 7) is 0. The predicted octanol–water partition coefficient (Wildman–Crippen LogP) is 1.98. The van der Waals surface area contributed by atoms with Gasteiger partial charge in [0.15, 0.2) is 5.16 Å². The number of aromatic nitrogens is 2. The lowest BCUT2D eigenvalue weighted by Gasteiger charge is -2.07.